The molecule has 2 aromatic heterocycles. The van der Waals surface area contributed by atoms with E-state index in [9.17, 15) is 0 Å². The zero-order valence-corrected chi connectivity index (χ0v) is 28.3. The van der Waals surface area contributed by atoms with Gasteiger partial charge in [-0.3, -0.25) is 9.97 Å². The summed E-state index contributed by atoms with van der Waals surface area (Å²) < 4.78 is 0. The summed E-state index contributed by atoms with van der Waals surface area (Å²) in [6, 6.07) is 23.4. The second kappa shape index (κ2) is 13.4. The van der Waals surface area contributed by atoms with Crippen molar-refractivity contribution in [3.63, 3.8) is 0 Å². The van der Waals surface area contributed by atoms with Gasteiger partial charge in [0.05, 0.1) is 0 Å². The van der Waals surface area contributed by atoms with Gasteiger partial charge in [-0.25, -0.2) is 6.07 Å². The van der Waals surface area contributed by atoms with Gasteiger partial charge in [-0.1, -0.05) is 86.0 Å². The Bertz CT molecular complexity index is 1170. The summed E-state index contributed by atoms with van der Waals surface area (Å²) in [5.41, 5.74) is 6.63. The summed E-state index contributed by atoms with van der Waals surface area (Å²) in [5, 5.41) is 0.116. The van der Waals surface area contributed by atoms with E-state index in [1.54, 1.807) is 0 Å². The molecule has 4 aromatic rings. The number of hydrogen-bond acceptors (Lipinski definition) is 2. The van der Waals surface area contributed by atoms with Crippen LogP contribution in [-0.4, -0.2) is 20.3 Å². The Morgan fingerprint density at radius 3 is 1.51 bits per heavy atom. The molecule has 2 aromatic carbocycles. The van der Waals surface area contributed by atoms with Crippen molar-refractivity contribution in [2.75, 3.05) is 0 Å². The molecule has 0 saturated heterocycles. The van der Waals surface area contributed by atoms with Gasteiger partial charge in [0.15, 0.2) is 0 Å². The normalized spacial score (nSPS) is 12.5. The van der Waals surface area contributed by atoms with Crippen LogP contribution in [0.5, 0.6) is 0 Å². The van der Waals surface area contributed by atoms with Gasteiger partial charge < -0.3 is 30.3 Å². The van der Waals surface area contributed by atoms with E-state index in [1.165, 1.54) is 27.8 Å². The van der Waals surface area contributed by atoms with Crippen molar-refractivity contribution in [2.45, 2.75) is 89.4 Å². The molecule has 0 aliphatic rings. The molecule has 2 nitrogen and oxygen atoms in total. The average Bonchev–Trinajstić information content (AvgIpc) is 3.55. The van der Waals surface area contributed by atoms with Gasteiger partial charge >= 0.3 is 0 Å². The van der Waals surface area contributed by atoms with E-state index >= 15 is 0 Å². The quantitative estimate of drug-likeness (QED) is 0.130. The van der Waals surface area contributed by atoms with Crippen molar-refractivity contribution in [3.05, 3.63) is 119 Å². The number of aromatic nitrogens is 2. The summed E-state index contributed by atoms with van der Waals surface area (Å²) in [7, 11) is 2.92. The van der Waals surface area contributed by atoms with Gasteiger partial charge in [0, 0.05) is 47.0 Å². The first-order valence-corrected chi connectivity index (χ1v) is 15.6. The minimum Gasteiger partial charge on any atom is -0.748 e. The Labute approximate surface area is 252 Å². The maximum Gasteiger partial charge on any atom is 0.0397 e. The van der Waals surface area contributed by atoms with Gasteiger partial charge in [-0.15, -0.1) is 28.3 Å². The van der Waals surface area contributed by atoms with Crippen LogP contribution in [0.15, 0.2) is 91.5 Å². The van der Waals surface area contributed by atoms with Crippen molar-refractivity contribution < 1.29 is 17.1 Å². The SMILES string of the molecule is CC(C)(C)c1cc(C(P)(c2cccnc2)c2cccnc2)[c-](CP(C(C)(C)C)C(C)(C)C)c1.[Fe].[cH-]1[cH-][cH-][cH-][cH-]1. The summed E-state index contributed by atoms with van der Waals surface area (Å²) in [6.45, 7) is 21.4. The monoisotopic (exact) mass is 600 g/mol. The van der Waals surface area contributed by atoms with Gasteiger partial charge in [0.2, 0.25) is 0 Å². The van der Waals surface area contributed by atoms with E-state index in [1.807, 2.05) is 67.3 Å². The summed E-state index contributed by atoms with van der Waals surface area (Å²) >= 11 is 0. The molecule has 0 aliphatic heterocycles. The van der Waals surface area contributed by atoms with Crippen LogP contribution < -0.4 is 0 Å². The molecular weight excluding hydrogens is 554 g/mol. The first-order chi connectivity index (χ1) is 17.6. The van der Waals surface area contributed by atoms with E-state index < -0.39 is 5.16 Å². The molecule has 39 heavy (non-hydrogen) atoms. The molecule has 4 rings (SSSR count). The first kappa shape index (κ1) is 33.6. The zero-order valence-electron chi connectivity index (χ0n) is 25.1. The summed E-state index contributed by atoms with van der Waals surface area (Å²) in [4.78, 5) is 8.99. The summed E-state index contributed by atoms with van der Waals surface area (Å²) in [5.74, 6) is 0. The zero-order chi connectivity index (χ0) is 28.2. The van der Waals surface area contributed by atoms with Crippen LogP contribution in [-0.2, 0) is 33.8 Å². The predicted octanol–water partition coefficient (Wildman–Crippen LogP) is 9.64. The van der Waals surface area contributed by atoms with E-state index in [0.717, 1.165) is 6.16 Å². The topological polar surface area (TPSA) is 25.8 Å². The Morgan fingerprint density at radius 1 is 0.744 bits per heavy atom. The van der Waals surface area contributed by atoms with E-state index in [2.05, 4.69) is 106 Å². The first-order valence-electron chi connectivity index (χ1n) is 13.5. The third kappa shape index (κ3) is 8.44. The Morgan fingerprint density at radius 2 is 1.18 bits per heavy atom. The molecule has 0 bridgehead atoms. The molecule has 0 amide bonds. The summed E-state index contributed by atoms with van der Waals surface area (Å²) in [6.07, 6.45) is 8.81. The van der Waals surface area contributed by atoms with E-state index in [4.69, 9.17) is 0 Å². The molecule has 0 fully saturated rings. The second-order valence-electron chi connectivity index (χ2n) is 13.1. The molecular formula is C34H46FeN2P2-6. The van der Waals surface area contributed by atoms with Gasteiger partial charge in [0.25, 0.3) is 0 Å². The van der Waals surface area contributed by atoms with Gasteiger partial charge in [0.1, 0.15) is 0 Å². The number of pyridine rings is 2. The standard InChI is InChI=1S/C29H41N2P2.C5H5.Fe/c1-26(2,3)24-16-21(20-33(27(4,5)6)28(7,8)9)25(17-24)29(32,22-12-10-14-30-18-22)23-13-11-15-31-19-23;1-2-4-5-3-1;/h10-19H,20,32H2,1-9H3;1-5H;/q-1;-5;. The van der Waals surface area contributed by atoms with Crippen molar-refractivity contribution >= 4 is 17.2 Å². The maximum atomic E-state index is 4.50. The molecule has 0 radical (unpaired) electrons. The van der Waals surface area contributed by atoms with Crippen LogP contribution >= 0.6 is 17.2 Å². The Kier molecular flexibility index (Phi) is 11.5. The molecule has 0 N–H and O–H groups in total. The molecule has 0 aliphatic carbocycles. The number of nitrogens with zero attached hydrogens (tertiary/aromatic N) is 2. The Balaban J connectivity index is 0.000000797. The fraction of sp³-hybridized carbons (Fsp3) is 0.412. The van der Waals surface area contributed by atoms with Crippen molar-refractivity contribution in [3.8, 4) is 0 Å². The molecule has 1 atom stereocenters. The number of hydrogen-bond donors (Lipinski definition) is 0. The average molecular weight is 601 g/mol. The predicted molar refractivity (Wildman–Crippen MR) is 171 cm³/mol. The minimum atomic E-state index is -0.405. The largest absolute Gasteiger partial charge is 0.748 e. The molecule has 0 spiro atoms. The van der Waals surface area contributed by atoms with Crippen LogP contribution in [0, 0.1) is 0 Å². The van der Waals surface area contributed by atoms with Gasteiger partial charge in [-0.2, -0.15) is 11.6 Å². The second-order valence-corrected chi connectivity index (χ2v) is 17.8. The number of rotatable bonds is 5. The molecule has 0 saturated carbocycles. The van der Waals surface area contributed by atoms with E-state index in [0.29, 0.717) is 0 Å². The minimum absolute atomic E-state index is 0. The van der Waals surface area contributed by atoms with Crippen molar-refractivity contribution in [1.29, 1.82) is 0 Å². The van der Waals surface area contributed by atoms with Crippen LogP contribution in [0.2, 0.25) is 0 Å². The fourth-order valence-corrected chi connectivity index (χ4v) is 9.30. The van der Waals surface area contributed by atoms with E-state index in [-0.39, 0.29) is 40.7 Å². The molecule has 2 heterocycles. The van der Waals surface area contributed by atoms with Gasteiger partial charge in [-0.05, 0) is 33.6 Å². The smallest absolute Gasteiger partial charge is 0.0397 e. The molecule has 1 unspecified atom stereocenters. The molecule has 216 valence electrons. The van der Waals surface area contributed by atoms with Crippen LogP contribution in [0.3, 0.4) is 0 Å². The van der Waals surface area contributed by atoms with Crippen LogP contribution in [0.1, 0.15) is 90.1 Å². The van der Waals surface area contributed by atoms with Crippen LogP contribution in [0.25, 0.3) is 0 Å². The third-order valence-corrected chi connectivity index (χ3v) is 11.9. The molecule has 5 heteroatoms. The van der Waals surface area contributed by atoms with Crippen molar-refractivity contribution in [2.24, 2.45) is 0 Å². The fourth-order valence-electron chi connectivity index (χ4n) is 5.13. The maximum absolute atomic E-state index is 4.50. The van der Waals surface area contributed by atoms with Crippen LogP contribution in [0.4, 0.5) is 0 Å². The van der Waals surface area contributed by atoms with Crippen molar-refractivity contribution in [1.82, 2.24) is 9.97 Å². The Hall–Kier alpha value is -1.62. The third-order valence-electron chi connectivity index (χ3n) is 7.00.